The topological polar surface area (TPSA) is 70.9 Å². The van der Waals surface area contributed by atoms with Crippen molar-refractivity contribution in [2.24, 2.45) is 5.16 Å². The summed E-state index contributed by atoms with van der Waals surface area (Å²) in [6.45, 7) is 3.44. The summed E-state index contributed by atoms with van der Waals surface area (Å²) >= 11 is 1.69. The van der Waals surface area contributed by atoms with Gasteiger partial charge in [0.2, 0.25) is 0 Å². The first kappa shape index (κ1) is 20.8. The van der Waals surface area contributed by atoms with E-state index < -0.39 is 5.97 Å². The Hall–Kier alpha value is -2.96. The molecule has 6 heteroatoms. The number of nitrogens with zero attached hydrogens (tertiary/aromatic N) is 1. The minimum absolute atomic E-state index is 0.123. The molecule has 5 nitrogen and oxygen atoms in total. The van der Waals surface area contributed by atoms with E-state index in [4.69, 9.17) is 9.94 Å². The molecule has 0 saturated carbocycles. The molecule has 0 saturated heterocycles. The lowest BCUT2D eigenvalue weighted by Gasteiger charge is -2.06. The maximum atomic E-state index is 10.5. The van der Waals surface area contributed by atoms with Gasteiger partial charge in [0.05, 0.1) is 12.1 Å². The zero-order chi connectivity index (χ0) is 20.5. The fourth-order valence-electron chi connectivity index (χ4n) is 2.77. The number of nitrogens with one attached hydrogen (secondary N) is 1. The minimum atomic E-state index is -0.793. The second-order valence-electron chi connectivity index (χ2n) is 6.68. The maximum absolute atomic E-state index is 10.5. The lowest BCUT2D eigenvalue weighted by atomic mass is 10.1. The van der Waals surface area contributed by atoms with Crippen molar-refractivity contribution in [1.82, 2.24) is 5.32 Å². The number of aliphatic carboxylic acids is 1. The van der Waals surface area contributed by atoms with Crippen LogP contribution in [0.2, 0.25) is 0 Å². The molecule has 2 aromatic carbocycles. The zero-order valence-corrected chi connectivity index (χ0v) is 17.1. The van der Waals surface area contributed by atoms with Gasteiger partial charge in [-0.25, -0.2) is 0 Å². The lowest BCUT2D eigenvalue weighted by Crippen LogP contribution is -2.17. The van der Waals surface area contributed by atoms with Gasteiger partial charge in [-0.15, -0.1) is 0 Å². The summed E-state index contributed by atoms with van der Waals surface area (Å²) in [5.41, 5.74) is 6.41. The molecule has 150 valence electrons. The van der Waals surface area contributed by atoms with E-state index in [1.54, 1.807) is 11.3 Å². The molecule has 0 aliphatic heterocycles. The van der Waals surface area contributed by atoms with Gasteiger partial charge in [-0.05, 0) is 51.6 Å². The first-order chi connectivity index (χ1) is 14.1. The van der Waals surface area contributed by atoms with Crippen LogP contribution in [0.5, 0.6) is 0 Å². The average molecular weight is 409 g/mol. The normalized spacial score (nSPS) is 11.4. The van der Waals surface area contributed by atoms with Crippen LogP contribution in [-0.4, -0.2) is 23.3 Å². The molecule has 0 aliphatic rings. The highest BCUT2D eigenvalue weighted by Gasteiger charge is 2.02. The van der Waals surface area contributed by atoms with Crippen LogP contribution in [0.3, 0.4) is 0 Å². The molecule has 0 atom stereocenters. The summed E-state index contributed by atoms with van der Waals surface area (Å²) in [7, 11) is 0. The van der Waals surface area contributed by atoms with E-state index in [0.717, 1.165) is 22.4 Å². The number of hydrogen-bond donors (Lipinski definition) is 2. The van der Waals surface area contributed by atoms with Gasteiger partial charge in [0.25, 0.3) is 0 Å². The number of carboxylic acids is 1. The smallest absolute Gasteiger partial charge is 0.304 e. The first-order valence-corrected chi connectivity index (χ1v) is 10.4. The molecule has 0 fully saturated rings. The molecule has 29 heavy (non-hydrogen) atoms. The van der Waals surface area contributed by atoms with Gasteiger partial charge in [0.15, 0.2) is 0 Å². The van der Waals surface area contributed by atoms with Gasteiger partial charge < -0.3 is 15.3 Å². The fraction of sp³-hybridized carbons (Fsp3) is 0.217. The van der Waals surface area contributed by atoms with Crippen molar-refractivity contribution in [2.75, 3.05) is 6.54 Å². The summed E-state index contributed by atoms with van der Waals surface area (Å²) in [6, 6.07) is 18.4. The Morgan fingerprint density at radius 2 is 1.76 bits per heavy atom. The molecule has 0 radical (unpaired) electrons. The van der Waals surface area contributed by atoms with Crippen LogP contribution in [0, 0.1) is 0 Å². The van der Waals surface area contributed by atoms with Crippen LogP contribution in [0.15, 0.2) is 70.5 Å². The molecule has 0 spiro atoms. The third-order valence-electron chi connectivity index (χ3n) is 4.46. The number of hydrogen-bond acceptors (Lipinski definition) is 5. The van der Waals surface area contributed by atoms with Crippen LogP contribution in [0.25, 0.3) is 11.1 Å². The predicted molar refractivity (Wildman–Crippen MR) is 117 cm³/mol. The van der Waals surface area contributed by atoms with Crippen LogP contribution in [0.1, 0.15) is 30.0 Å². The van der Waals surface area contributed by atoms with E-state index in [0.29, 0.717) is 19.7 Å². The largest absolute Gasteiger partial charge is 0.481 e. The molecular weight excluding hydrogens is 384 g/mol. The van der Waals surface area contributed by atoms with Gasteiger partial charge >= 0.3 is 5.97 Å². The van der Waals surface area contributed by atoms with E-state index in [-0.39, 0.29) is 6.42 Å². The number of oxime groups is 1. The Balaban J connectivity index is 1.47. The van der Waals surface area contributed by atoms with Crippen LogP contribution in [-0.2, 0) is 22.8 Å². The molecule has 2 N–H and O–H groups in total. The van der Waals surface area contributed by atoms with Crippen LogP contribution < -0.4 is 5.32 Å². The second-order valence-corrected chi connectivity index (χ2v) is 7.46. The Bertz CT molecular complexity index is 933. The van der Waals surface area contributed by atoms with E-state index in [1.165, 1.54) is 11.1 Å². The van der Waals surface area contributed by atoms with E-state index in [9.17, 15) is 4.79 Å². The molecular formula is C23H24N2O3S. The highest BCUT2D eigenvalue weighted by Crippen LogP contribution is 2.22. The first-order valence-electron chi connectivity index (χ1n) is 9.42. The standard InChI is InChI=1S/C23H24N2O3S/c1-17(20-6-2-18(3-7-20)14-24-12-10-23(26)27)25-28-15-19-4-8-21(9-5-19)22-11-13-29-16-22/h2-9,11,13,16,24H,10,12,14-15H2,1H3,(H,26,27)/b25-17+. The average Bonchev–Trinajstić information content (AvgIpc) is 3.27. The van der Waals surface area contributed by atoms with Crippen molar-refractivity contribution < 1.29 is 14.7 Å². The third-order valence-corrected chi connectivity index (χ3v) is 5.14. The highest BCUT2D eigenvalue weighted by molar-refractivity contribution is 7.08. The molecule has 1 aromatic heterocycles. The molecule has 3 rings (SSSR count). The minimum Gasteiger partial charge on any atom is -0.481 e. The van der Waals surface area contributed by atoms with Crippen molar-refractivity contribution in [3.05, 3.63) is 82.0 Å². The van der Waals surface area contributed by atoms with Crippen LogP contribution >= 0.6 is 11.3 Å². The zero-order valence-electron chi connectivity index (χ0n) is 16.3. The quantitative estimate of drug-likeness (QED) is 0.284. The number of rotatable bonds is 10. The Morgan fingerprint density at radius 1 is 1.03 bits per heavy atom. The van der Waals surface area contributed by atoms with Crippen molar-refractivity contribution in [2.45, 2.75) is 26.5 Å². The van der Waals surface area contributed by atoms with Gasteiger partial charge in [0.1, 0.15) is 6.61 Å². The molecule has 0 aliphatic carbocycles. The summed E-state index contributed by atoms with van der Waals surface area (Å²) in [5.74, 6) is -0.793. The van der Waals surface area contributed by atoms with Crippen molar-refractivity contribution >= 4 is 23.0 Å². The summed E-state index contributed by atoms with van der Waals surface area (Å²) in [6.07, 6.45) is 0.123. The van der Waals surface area contributed by atoms with E-state index in [1.807, 2.05) is 31.2 Å². The fourth-order valence-corrected chi connectivity index (χ4v) is 3.44. The van der Waals surface area contributed by atoms with Crippen molar-refractivity contribution in [3.8, 4) is 11.1 Å². The molecule has 3 aromatic rings. The Kier molecular flexibility index (Phi) is 7.55. The van der Waals surface area contributed by atoms with Gasteiger partial charge in [-0.3, -0.25) is 4.79 Å². The molecule has 0 bridgehead atoms. The lowest BCUT2D eigenvalue weighted by molar-refractivity contribution is -0.136. The molecule has 0 amide bonds. The van der Waals surface area contributed by atoms with Crippen molar-refractivity contribution in [3.63, 3.8) is 0 Å². The molecule has 1 heterocycles. The summed E-state index contributed by atoms with van der Waals surface area (Å²) in [4.78, 5) is 16.0. The maximum Gasteiger partial charge on any atom is 0.304 e. The number of benzene rings is 2. The Morgan fingerprint density at radius 3 is 2.41 bits per heavy atom. The monoisotopic (exact) mass is 408 g/mol. The second kappa shape index (κ2) is 10.5. The van der Waals surface area contributed by atoms with Gasteiger partial charge in [-0.1, -0.05) is 53.7 Å². The van der Waals surface area contributed by atoms with E-state index in [2.05, 4.69) is 51.6 Å². The third kappa shape index (κ3) is 6.55. The summed E-state index contributed by atoms with van der Waals surface area (Å²) < 4.78 is 0. The van der Waals surface area contributed by atoms with Gasteiger partial charge in [-0.2, -0.15) is 11.3 Å². The van der Waals surface area contributed by atoms with Gasteiger partial charge in [0, 0.05) is 13.1 Å². The highest BCUT2D eigenvalue weighted by atomic mass is 32.1. The number of carbonyl (C=O) groups is 1. The van der Waals surface area contributed by atoms with E-state index >= 15 is 0 Å². The predicted octanol–water partition coefficient (Wildman–Crippen LogP) is 4.92. The molecule has 0 unspecified atom stereocenters. The van der Waals surface area contributed by atoms with Crippen LogP contribution in [0.4, 0.5) is 0 Å². The Labute approximate surface area is 174 Å². The van der Waals surface area contributed by atoms with Crippen molar-refractivity contribution in [1.29, 1.82) is 0 Å². The SMILES string of the molecule is C/C(=N\OCc1ccc(-c2ccsc2)cc1)c1ccc(CNCCC(=O)O)cc1. The summed E-state index contributed by atoms with van der Waals surface area (Å²) in [5, 5.41) is 20.2. The number of thiophene rings is 1. The number of carboxylic acid groups (broad SMARTS) is 1.